The van der Waals surface area contributed by atoms with Crippen LogP contribution in [0.1, 0.15) is 18.7 Å². The van der Waals surface area contributed by atoms with Crippen molar-refractivity contribution in [2.24, 2.45) is 7.05 Å². The van der Waals surface area contributed by atoms with Gasteiger partial charge in [-0.2, -0.15) is 0 Å². The van der Waals surface area contributed by atoms with E-state index in [1.54, 1.807) is 17.1 Å². The van der Waals surface area contributed by atoms with E-state index in [1.165, 1.54) is 0 Å². The van der Waals surface area contributed by atoms with E-state index < -0.39 is 12.0 Å². The zero-order chi connectivity index (χ0) is 13.1. The maximum atomic E-state index is 11.5. The van der Waals surface area contributed by atoms with E-state index in [4.69, 9.17) is 0 Å². The third-order valence-electron chi connectivity index (χ3n) is 3.46. The summed E-state index contributed by atoms with van der Waals surface area (Å²) in [5, 5.41) is 9.41. The Morgan fingerprint density at radius 1 is 1.44 bits per heavy atom. The SMILES string of the molecule is CCN1CCN(C(C(=O)O)c2cn(C)cn2)CC1. The fourth-order valence-corrected chi connectivity index (χ4v) is 2.38. The summed E-state index contributed by atoms with van der Waals surface area (Å²) in [5.74, 6) is -0.821. The fraction of sp³-hybridized carbons (Fsp3) is 0.667. The van der Waals surface area contributed by atoms with E-state index >= 15 is 0 Å². The maximum Gasteiger partial charge on any atom is 0.327 e. The molecule has 1 aromatic heterocycles. The van der Waals surface area contributed by atoms with E-state index in [9.17, 15) is 9.90 Å². The normalized spacial score (nSPS) is 19.9. The molecule has 0 aromatic carbocycles. The van der Waals surface area contributed by atoms with Gasteiger partial charge < -0.3 is 14.6 Å². The van der Waals surface area contributed by atoms with Gasteiger partial charge in [0.2, 0.25) is 0 Å². The highest BCUT2D eigenvalue weighted by Crippen LogP contribution is 2.20. The van der Waals surface area contributed by atoms with Crippen LogP contribution in [0, 0.1) is 0 Å². The van der Waals surface area contributed by atoms with E-state index in [2.05, 4.69) is 16.8 Å². The number of aliphatic carboxylic acids is 1. The van der Waals surface area contributed by atoms with Crippen molar-refractivity contribution in [2.45, 2.75) is 13.0 Å². The number of carboxylic acid groups (broad SMARTS) is 1. The fourth-order valence-electron chi connectivity index (χ4n) is 2.38. The molecule has 18 heavy (non-hydrogen) atoms. The van der Waals surface area contributed by atoms with Crippen molar-refractivity contribution < 1.29 is 9.90 Å². The Labute approximate surface area is 107 Å². The van der Waals surface area contributed by atoms with E-state index in [0.29, 0.717) is 5.69 Å². The van der Waals surface area contributed by atoms with Gasteiger partial charge in [0.15, 0.2) is 6.04 Å². The summed E-state index contributed by atoms with van der Waals surface area (Å²) in [6.45, 7) is 6.56. The number of hydrogen-bond donors (Lipinski definition) is 1. The lowest BCUT2D eigenvalue weighted by molar-refractivity contribution is -0.144. The topological polar surface area (TPSA) is 61.6 Å². The molecule has 2 heterocycles. The minimum absolute atomic E-state index is 0.620. The molecule has 1 aliphatic heterocycles. The maximum absolute atomic E-state index is 11.5. The van der Waals surface area contributed by atoms with Gasteiger partial charge in [-0.3, -0.25) is 9.69 Å². The van der Waals surface area contributed by atoms with Gasteiger partial charge in [-0.1, -0.05) is 6.92 Å². The second-order valence-corrected chi connectivity index (χ2v) is 4.68. The number of hydrogen-bond acceptors (Lipinski definition) is 4. The molecule has 100 valence electrons. The summed E-state index contributed by atoms with van der Waals surface area (Å²) < 4.78 is 1.79. The summed E-state index contributed by atoms with van der Waals surface area (Å²) in [4.78, 5) is 20.0. The molecule has 6 heteroatoms. The average Bonchev–Trinajstić information content (AvgIpc) is 2.76. The second-order valence-electron chi connectivity index (χ2n) is 4.68. The van der Waals surface area contributed by atoms with Crippen LogP contribution in [0.25, 0.3) is 0 Å². The number of nitrogens with zero attached hydrogens (tertiary/aromatic N) is 4. The average molecular weight is 252 g/mol. The number of imidazole rings is 1. The molecule has 2 rings (SSSR count). The highest BCUT2D eigenvalue weighted by atomic mass is 16.4. The predicted molar refractivity (Wildman–Crippen MR) is 67.3 cm³/mol. The lowest BCUT2D eigenvalue weighted by atomic mass is 10.1. The standard InChI is InChI=1S/C12H20N4O2/c1-3-15-4-6-16(7-5-15)11(12(17)18)10-8-14(2)9-13-10/h8-9,11H,3-7H2,1-2H3,(H,17,18). The Hall–Kier alpha value is -1.40. The molecular weight excluding hydrogens is 232 g/mol. The number of carboxylic acids is 1. The van der Waals surface area contributed by atoms with Crippen LogP contribution in [0.5, 0.6) is 0 Å². The molecule has 1 aliphatic rings. The first-order chi connectivity index (χ1) is 8.61. The molecule has 6 nitrogen and oxygen atoms in total. The van der Waals surface area contributed by atoms with Crippen molar-refractivity contribution in [1.29, 1.82) is 0 Å². The van der Waals surface area contributed by atoms with Gasteiger partial charge in [0.1, 0.15) is 0 Å². The monoisotopic (exact) mass is 252 g/mol. The molecule has 1 saturated heterocycles. The van der Waals surface area contributed by atoms with Gasteiger partial charge in [-0.05, 0) is 6.54 Å². The Morgan fingerprint density at radius 3 is 2.56 bits per heavy atom. The number of piperazine rings is 1. The molecule has 1 aromatic rings. The van der Waals surface area contributed by atoms with Crippen molar-refractivity contribution >= 4 is 5.97 Å². The molecule has 0 spiro atoms. The predicted octanol–water partition coefficient (Wildman–Crippen LogP) is 0.183. The van der Waals surface area contributed by atoms with Crippen molar-refractivity contribution in [3.05, 3.63) is 18.2 Å². The van der Waals surface area contributed by atoms with Gasteiger partial charge in [0, 0.05) is 39.4 Å². The van der Waals surface area contributed by atoms with Crippen LogP contribution in [0.3, 0.4) is 0 Å². The zero-order valence-electron chi connectivity index (χ0n) is 10.9. The van der Waals surface area contributed by atoms with Gasteiger partial charge in [-0.25, -0.2) is 4.98 Å². The van der Waals surface area contributed by atoms with Crippen LogP contribution in [0.15, 0.2) is 12.5 Å². The molecular formula is C12H20N4O2. The van der Waals surface area contributed by atoms with Crippen molar-refractivity contribution in [2.75, 3.05) is 32.7 Å². The van der Waals surface area contributed by atoms with Crippen LogP contribution in [-0.2, 0) is 11.8 Å². The van der Waals surface area contributed by atoms with Gasteiger partial charge in [0.05, 0.1) is 12.0 Å². The smallest absolute Gasteiger partial charge is 0.327 e. The lowest BCUT2D eigenvalue weighted by Crippen LogP contribution is -2.49. The van der Waals surface area contributed by atoms with Crippen LogP contribution in [-0.4, -0.2) is 63.2 Å². The third kappa shape index (κ3) is 2.70. The van der Waals surface area contributed by atoms with Crippen molar-refractivity contribution in [3.63, 3.8) is 0 Å². The Balaban J connectivity index is 2.10. The summed E-state index contributed by atoms with van der Waals surface area (Å²) in [7, 11) is 1.85. The molecule has 0 aliphatic carbocycles. The molecule has 0 saturated carbocycles. The molecule has 1 N–H and O–H groups in total. The summed E-state index contributed by atoms with van der Waals surface area (Å²) in [5.41, 5.74) is 0.620. The quantitative estimate of drug-likeness (QED) is 0.828. The molecule has 0 amide bonds. The van der Waals surface area contributed by atoms with Crippen LogP contribution in [0.2, 0.25) is 0 Å². The van der Waals surface area contributed by atoms with E-state index in [0.717, 1.165) is 32.7 Å². The van der Waals surface area contributed by atoms with Gasteiger partial charge in [-0.15, -0.1) is 0 Å². The summed E-state index contributed by atoms with van der Waals surface area (Å²) >= 11 is 0. The third-order valence-corrected chi connectivity index (χ3v) is 3.46. The molecule has 1 fully saturated rings. The lowest BCUT2D eigenvalue weighted by Gasteiger charge is -2.36. The number of likely N-dealkylation sites (N-methyl/N-ethyl adjacent to an activating group) is 1. The molecule has 1 atom stereocenters. The zero-order valence-corrected chi connectivity index (χ0v) is 10.9. The Kier molecular flexibility index (Phi) is 3.98. The number of carbonyl (C=O) groups is 1. The van der Waals surface area contributed by atoms with E-state index in [-0.39, 0.29) is 0 Å². The minimum Gasteiger partial charge on any atom is -0.480 e. The second kappa shape index (κ2) is 5.49. The molecule has 0 bridgehead atoms. The van der Waals surface area contributed by atoms with E-state index in [1.807, 2.05) is 11.9 Å². The van der Waals surface area contributed by atoms with Gasteiger partial charge in [0.25, 0.3) is 0 Å². The highest BCUT2D eigenvalue weighted by Gasteiger charge is 2.31. The molecule has 1 unspecified atom stereocenters. The van der Waals surface area contributed by atoms with Gasteiger partial charge >= 0.3 is 5.97 Å². The number of rotatable bonds is 4. The minimum atomic E-state index is -0.821. The number of aryl methyl sites for hydroxylation is 1. The summed E-state index contributed by atoms with van der Waals surface area (Å²) in [6.07, 6.45) is 3.43. The highest BCUT2D eigenvalue weighted by molar-refractivity contribution is 5.74. The first-order valence-corrected chi connectivity index (χ1v) is 6.29. The first kappa shape index (κ1) is 13.0. The van der Waals surface area contributed by atoms with Crippen LogP contribution >= 0.6 is 0 Å². The van der Waals surface area contributed by atoms with Crippen molar-refractivity contribution in [1.82, 2.24) is 19.4 Å². The Morgan fingerprint density at radius 2 is 2.11 bits per heavy atom. The summed E-state index contributed by atoms with van der Waals surface area (Å²) in [6, 6.07) is -0.620. The van der Waals surface area contributed by atoms with Crippen molar-refractivity contribution in [3.8, 4) is 0 Å². The largest absolute Gasteiger partial charge is 0.480 e. The number of aromatic nitrogens is 2. The van der Waals surface area contributed by atoms with Crippen LogP contribution < -0.4 is 0 Å². The molecule has 0 radical (unpaired) electrons. The van der Waals surface area contributed by atoms with Crippen LogP contribution in [0.4, 0.5) is 0 Å². The first-order valence-electron chi connectivity index (χ1n) is 6.29. The Bertz CT molecular complexity index is 410.